The third-order valence-corrected chi connectivity index (χ3v) is 10.2. The van der Waals surface area contributed by atoms with Crippen LogP contribution in [-0.4, -0.2) is 73.8 Å². The molecule has 0 aromatic carbocycles. The highest BCUT2D eigenvalue weighted by atomic mass is 16.5. The zero-order valence-electron chi connectivity index (χ0n) is 32.5. The molecule has 0 bridgehead atoms. The van der Waals surface area contributed by atoms with E-state index < -0.39 is 53.3 Å². The molecule has 3 unspecified atom stereocenters. The summed E-state index contributed by atoms with van der Waals surface area (Å²) >= 11 is 0. The van der Waals surface area contributed by atoms with Gasteiger partial charge in [0.15, 0.2) is 28.6 Å². The minimum absolute atomic E-state index is 0.0131. The third-order valence-electron chi connectivity index (χ3n) is 10.2. The summed E-state index contributed by atoms with van der Waals surface area (Å²) in [7, 11) is 0. The van der Waals surface area contributed by atoms with Gasteiger partial charge in [-0.2, -0.15) is 0 Å². The van der Waals surface area contributed by atoms with Gasteiger partial charge in [0.2, 0.25) is 5.60 Å². The average Bonchev–Trinajstić information content (AvgIpc) is 3.11. The zero-order chi connectivity index (χ0) is 37.7. The Labute approximate surface area is 304 Å². The molecule has 0 rings (SSSR count). The summed E-state index contributed by atoms with van der Waals surface area (Å²) in [6.07, 6.45) is 19.3. The second kappa shape index (κ2) is 28.9. The Morgan fingerprint density at radius 1 is 0.420 bits per heavy atom. The fourth-order valence-electron chi connectivity index (χ4n) is 6.69. The van der Waals surface area contributed by atoms with Gasteiger partial charge in [0.05, 0.1) is 6.61 Å². The first-order chi connectivity index (χ1) is 24.0. The summed E-state index contributed by atoms with van der Waals surface area (Å²) in [6.45, 7) is 5.89. The minimum atomic E-state index is -3.43. The van der Waals surface area contributed by atoms with Crippen molar-refractivity contribution in [2.75, 3.05) is 13.2 Å². The third kappa shape index (κ3) is 16.8. The van der Waals surface area contributed by atoms with Gasteiger partial charge in [-0.05, 0) is 25.7 Å². The number of hydrogen-bond donors (Lipinski definition) is 4. The summed E-state index contributed by atoms with van der Waals surface area (Å²) < 4.78 is 5.41. The van der Waals surface area contributed by atoms with E-state index in [1.54, 1.807) is 0 Å². The van der Waals surface area contributed by atoms with E-state index in [1.807, 2.05) is 0 Å². The summed E-state index contributed by atoms with van der Waals surface area (Å²) in [5.41, 5.74) is -9.77. The molecule has 0 saturated heterocycles. The predicted octanol–water partition coefficient (Wildman–Crippen LogP) is 8.42. The molecule has 9 nitrogen and oxygen atoms in total. The van der Waals surface area contributed by atoms with Crippen molar-refractivity contribution in [1.29, 1.82) is 0 Å². The van der Waals surface area contributed by atoms with E-state index in [0.29, 0.717) is 38.5 Å². The van der Waals surface area contributed by atoms with Crippen LogP contribution in [0.2, 0.25) is 0 Å². The molecule has 50 heavy (non-hydrogen) atoms. The van der Waals surface area contributed by atoms with Gasteiger partial charge in [-0.25, -0.2) is 0 Å². The van der Waals surface area contributed by atoms with Crippen molar-refractivity contribution in [2.24, 2.45) is 0 Å². The Kier molecular flexibility index (Phi) is 27.9. The van der Waals surface area contributed by atoms with Gasteiger partial charge in [0.25, 0.3) is 0 Å². The van der Waals surface area contributed by atoms with E-state index in [9.17, 15) is 39.6 Å². The Bertz CT molecular complexity index is 922. The molecule has 0 heterocycles. The normalized spacial score (nSPS) is 15.2. The molecule has 9 heteroatoms. The second-order valence-corrected chi connectivity index (χ2v) is 14.6. The number of hydrogen-bond acceptors (Lipinski definition) is 9. The standard InChI is InChI=1S/C41H76O9/c1-5-9-13-17-21-25-29-35(43)39(47,33-42)41(49,37(45)31-27-23-19-15-11-7-3)40(48,36(44)30-26-22-18-14-10-6-2)34-50-38(46)32-28-24-20-16-12-8-4/h42,47-49H,5-34H2,1-4H3. The second-order valence-electron chi connectivity index (χ2n) is 14.6. The molecule has 3 atom stereocenters. The number of esters is 1. The fraction of sp³-hybridized carbons (Fsp3) is 0.902. The molecule has 0 amide bonds. The van der Waals surface area contributed by atoms with Crippen molar-refractivity contribution in [2.45, 2.75) is 224 Å². The molecule has 0 saturated carbocycles. The largest absolute Gasteiger partial charge is 0.462 e. The molecule has 0 radical (unpaired) electrons. The maximum Gasteiger partial charge on any atom is 0.305 e. The van der Waals surface area contributed by atoms with Crippen molar-refractivity contribution < 1.29 is 44.3 Å². The van der Waals surface area contributed by atoms with Crippen LogP contribution in [0.1, 0.15) is 207 Å². The van der Waals surface area contributed by atoms with E-state index in [0.717, 1.165) is 109 Å². The van der Waals surface area contributed by atoms with Crippen LogP contribution in [0.25, 0.3) is 0 Å². The van der Waals surface area contributed by atoms with Crippen LogP contribution in [-0.2, 0) is 23.9 Å². The molecular weight excluding hydrogens is 636 g/mol. The van der Waals surface area contributed by atoms with E-state index in [-0.39, 0.29) is 32.1 Å². The topological polar surface area (TPSA) is 158 Å². The van der Waals surface area contributed by atoms with Gasteiger partial charge in [-0.1, -0.05) is 156 Å². The van der Waals surface area contributed by atoms with Crippen LogP contribution in [0.15, 0.2) is 0 Å². The first-order valence-corrected chi connectivity index (χ1v) is 20.5. The van der Waals surface area contributed by atoms with E-state index >= 15 is 0 Å². The Balaban J connectivity index is 6.47. The fourth-order valence-corrected chi connectivity index (χ4v) is 6.69. The summed E-state index contributed by atoms with van der Waals surface area (Å²) in [4.78, 5) is 54.8. The quantitative estimate of drug-likeness (QED) is 0.0370. The SMILES string of the molecule is CCCCCCCCC(=O)OCC(O)(C(=O)CCCCCCCC)C(O)(C(=O)CCCCCCCC)C(O)(CO)C(=O)CCCCCCCC. The number of aliphatic hydroxyl groups excluding tert-OH is 1. The molecule has 0 aliphatic rings. The van der Waals surface area contributed by atoms with Crippen molar-refractivity contribution in [3.63, 3.8) is 0 Å². The summed E-state index contributed by atoms with van der Waals surface area (Å²) in [6, 6.07) is 0. The van der Waals surface area contributed by atoms with E-state index in [1.165, 1.54) is 0 Å². The smallest absolute Gasteiger partial charge is 0.305 e. The minimum Gasteiger partial charge on any atom is -0.462 e. The Morgan fingerprint density at radius 2 is 0.720 bits per heavy atom. The predicted molar refractivity (Wildman–Crippen MR) is 200 cm³/mol. The molecule has 294 valence electrons. The lowest BCUT2D eigenvalue weighted by Gasteiger charge is -2.48. The number of aliphatic hydroxyl groups is 4. The van der Waals surface area contributed by atoms with Gasteiger partial charge < -0.3 is 25.2 Å². The molecule has 0 fully saturated rings. The van der Waals surface area contributed by atoms with Gasteiger partial charge in [-0.3, -0.25) is 19.2 Å². The first kappa shape index (κ1) is 48.3. The van der Waals surface area contributed by atoms with Crippen molar-refractivity contribution in [1.82, 2.24) is 0 Å². The van der Waals surface area contributed by atoms with Gasteiger partial charge >= 0.3 is 5.97 Å². The summed E-state index contributed by atoms with van der Waals surface area (Å²) in [5.74, 6) is -3.87. The maximum absolute atomic E-state index is 14.1. The Morgan fingerprint density at radius 3 is 1.08 bits per heavy atom. The van der Waals surface area contributed by atoms with E-state index in [2.05, 4.69) is 27.7 Å². The van der Waals surface area contributed by atoms with Crippen LogP contribution in [0.4, 0.5) is 0 Å². The van der Waals surface area contributed by atoms with Crippen LogP contribution in [0, 0.1) is 0 Å². The van der Waals surface area contributed by atoms with Crippen molar-refractivity contribution >= 4 is 23.3 Å². The number of carbonyl (C=O) groups excluding carboxylic acids is 4. The monoisotopic (exact) mass is 713 g/mol. The number of unbranched alkanes of at least 4 members (excludes halogenated alkanes) is 20. The molecule has 0 aliphatic carbocycles. The van der Waals surface area contributed by atoms with Crippen LogP contribution in [0.3, 0.4) is 0 Å². The highest BCUT2D eigenvalue weighted by molar-refractivity contribution is 6.06. The number of Topliss-reactive ketones (excluding diaryl/α,β-unsaturated/α-hetero) is 3. The Hall–Kier alpha value is -1.68. The highest BCUT2D eigenvalue weighted by Crippen LogP contribution is 2.40. The molecular formula is C41H76O9. The molecule has 0 aromatic rings. The van der Waals surface area contributed by atoms with Gasteiger partial charge in [-0.15, -0.1) is 0 Å². The van der Waals surface area contributed by atoms with Crippen molar-refractivity contribution in [3.8, 4) is 0 Å². The number of carbonyl (C=O) groups is 4. The number of rotatable bonds is 36. The lowest BCUT2D eigenvalue weighted by molar-refractivity contribution is -0.245. The number of ketones is 3. The molecule has 4 N–H and O–H groups in total. The highest BCUT2D eigenvalue weighted by Gasteiger charge is 2.71. The lowest BCUT2D eigenvalue weighted by Crippen LogP contribution is -2.79. The maximum atomic E-state index is 14.1. The summed E-state index contributed by atoms with van der Waals surface area (Å²) in [5, 5.41) is 47.2. The van der Waals surface area contributed by atoms with Gasteiger partial charge in [0, 0.05) is 25.7 Å². The first-order valence-electron chi connectivity index (χ1n) is 20.5. The van der Waals surface area contributed by atoms with Gasteiger partial charge in [0.1, 0.15) is 6.61 Å². The van der Waals surface area contributed by atoms with E-state index in [4.69, 9.17) is 4.74 Å². The number of ether oxygens (including phenoxy) is 1. The molecule has 0 spiro atoms. The molecule has 0 aromatic heterocycles. The van der Waals surface area contributed by atoms with Crippen molar-refractivity contribution in [3.05, 3.63) is 0 Å². The lowest BCUT2D eigenvalue weighted by atomic mass is 9.63. The van der Waals surface area contributed by atoms with Crippen LogP contribution < -0.4 is 0 Å². The average molecular weight is 713 g/mol. The molecule has 0 aliphatic heterocycles. The zero-order valence-corrected chi connectivity index (χ0v) is 32.5. The van der Waals surface area contributed by atoms with Crippen LogP contribution in [0.5, 0.6) is 0 Å². The van der Waals surface area contributed by atoms with Crippen LogP contribution >= 0.6 is 0 Å².